The fraction of sp³-hybridized carbons (Fsp3) is 0.857. The van der Waals surface area contributed by atoms with Gasteiger partial charge < -0.3 is 20.8 Å². The molecule has 0 aromatic rings. The van der Waals surface area contributed by atoms with Crippen molar-refractivity contribution in [1.29, 1.82) is 0 Å². The Hall–Kier alpha value is -1.30. The minimum atomic E-state index is -0.908. The van der Waals surface area contributed by atoms with Gasteiger partial charge in [0.15, 0.2) is 0 Å². The molecule has 3 atom stereocenters. The largest absolute Gasteiger partial charge is 0.481 e. The summed E-state index contributed by atoms with van der Waals surface area (Å²) in [7, 11) is 0. The Morgan fingerprint density at radius 1 is 1.20 bits per heavy atom. The molecule has 3 unspecified atom stereocenters. The molecular weight excluding hydrogens is 260 g/mol. The van der Waals surface area contributed by atoms with Gasteiger partial charge in [-0.2, -0.15) is 0 Å². The van der Waals surface area contributed by atoms with Crippen molar-refractivity contribution in [3.05, 3.63) is 0 Å². The molecule has 1 rings (SSSR count). The first-order valence-electron chi connectivity index (χ1n) is 7.37. The summed E-state index contributed by atoms with van der Waals surface area (Å²) in [4.78, 5) is 22.8. The third-order valence-corrected chi connectivity index (χ3v) is 3.90. The van der Waals surface area contributed by atoms with Crippen molar-refractivity contribution >= 4 is 12.0 Å². The summed E-state index contributed by atoms with van der Waals surface area (Å²) in [6.45, 7) is 3.72. The predicted octanol–water partition coefficient (Wildman–Crippen LogP) is 1.34. The number of nitrogens with one attached hydrogen (secondary N) is 2. The number of rotatable bonds is 5. The zero-order chi connectivity index (χ0) is 15.1. The Bertz CT molecular complexity index is 333. The minimum Gasteiger partial charge on any atom is -0.481 e. The summed E-state index contributed by atoms with van der Waals surface area (Å²) < 4.78 is 0. The molecule has 6 nitrogen and oxygen atoms in total. The maximum atomic E-state index is 11.8. The Balaban J connectivity index is 2.40. The van der Waals surface area contributed by atoms with Gasteiger partial charge >= 0.3 is 12.0 Å². The molecule has 0 heterocycles. The Kier molecular flexibility index (Phi) is 6.78. The molecule has 1 aliphatic rings. The lowest BCUT2D eigenvalue weighted by Crippen LogP contribution is -2.49. The summed E-state index contributed by atoms with van der Waals surface area (Å²) in [5.74, 6) is -1.55. The van der Waals surface area contributed by atoms with Gasteiger partial charge in [0.25, 0.3) is 0 Å². The van der Waals surface area contributed by atoms with E-state index < -0.39 is 24.0 Å². The van der Waals surface area contributed by atoms with Crippen LogP contribution in [0.25, 0.3) is 0 Å². The zero-order valence-corrected chi connectivity index (χ0v) is 12.3. The second-order valence-electron chi connectivity index (χ2n) is 5.85. The second kappa shape index (κ2) is 8.09. The highest BCUT2D eigenvalue weighted by Crippen LogP contribution is 2.18. The molecule has 0 bridgehead atoms. The number of carbonyl (C=O) groups excluding carboxylic acids is 1. The number of hydrogen-bond donors (Lipinski definition) is 4. The first kappa shape index (κ1) is 16.8. The van der Waals surface area contributed by atoms with Crippen LogP contribution in [0.3, 0.4) is 0 Å². The first-order valence-corrected chi connectivity index (χ1v) is 7.37. The maximum absolute atomic E-state index is 11.8. The van der Waals surface area contributed by atoms with Crippen LogP contribution in [0.1, 0.15) is 46.0 Å². The van der Waals surface area contributed by atoms with E-state index in [1.54, 1.807) is 0 Å². The lowest BCUT2D eigenvalue weighted by molar-refractivity contribution is -0.142. The van der Waals surface area contributed by atoms with Gasteiger partial charge in [0.1, 0.15) is 0 Å². The highest BCUT2D eigenvalue weighted by atomic mass is 16.4. The van der Waals surface area contributed by atoms with E-state index in [4.69, 9.17) is 5.11 Å². The Morgan fingerprint density at radius 2 is 1.85 bits per heavy atom. The van der Waals surface area contributed by atoms with E-state index in [-0.39, 0.29) is 18.5 Å². The summed E-state index contributed by atoms with van der Waals surface area (Å²) >= 11 is 0. The molecule has 0 aromatic heterocycles. The van der Waals surface area contributed by atoms with Crippen molar-refractivity contribution in [3.63, 3.8) is 0 Å². The molecule has 1 aliphatic carbocycles. The molecule has 0 radical (unpaired) electrons. The normalized spacial score (nSPS) is 24.8. The lowest BCUT2D eigenvalue weighted by atomic mass is 9.96. The van der Waals surface area contributed by atoms with Gasteiger partial charge in [-0.1, -0.05) is 33.1 Å². The number of aliphatic hydroxyl groups excluding tert-OH is 1. The van der Waals surface area contributed by atoms with Gasteiger partial charge in [0.2, 0.25) is 0 Å². The fourth-order valence-electron chi connectivity index (χ4n) is 2.49. The minimum absolute atomic E-state index is 0.0451. The number of carboxylic acids is 1. The van der Waals surface area contributed by atoms with Gasteiger partial charge in [-0.05, 0) is 18.8 Å². The smallest absolute Gasteiger partial charge is 0.315 e. The van der Waals surface area contributed by atoms with E-state index in [0.717, 1.165) is 25.7 Å². The van der Waals surface area contributed by atoms with Crippen molar-refractivity contribution in [3.8, 4) is 0 Å². The molecule has 6 heteroatoms. The van der Waals surface area contributed by atoms with Gasteiger partial charge in [0, 0.05) is 6.54 Å². The second-order valence-corrected chi connectivity index (χ2v) is 5.85. The van der Waals surface area contributed by atoms with Crippen LogP contribution in [0.4, 0.5) is 4.79 Å². The molecule has 20 heavy (non-hydrogen) atoms. The van der Waals surface area contributed by atoms with Gasteiger partial charge in [-0.25, -0.2) is 4.79 Å². The average Bonchev–Trinajstić information content (AvgIpc) is 2.54. The van der Waals surface area contributed by atoms with E-state index in [1.807, 2.05) is 13.8 Å². The molecule has 0 saturated heterocycles. The molecule has 1 fully saturated rings. The third-order valence-electron chi connectivity index (χ3n) is 3.90. The van der Waals surface area contributed by atoms with Crippen LogP contribution in [0, 0.1) is 11.8 Å². The number of carbonyl (C=O) groups is 2. The lowest BCUT2D eigenvalue weighted by Gasteiger charge is -2.23. The monoisotopic (exact) mass is 286 g/mol. The van der Waals surface area contributed by atoms with Gasteiger partial charge in [-0.15, -0.1) is 0 Å². The molecule has 0 aliphatic heterocycles. The van der Waals surface area contributed by atoms with E-state index >= 15 is 0 Å². The number of carboxylic acid groups (broad SMARTS) is 1. The summed E-state index contributed by atoms with van der Waals surface area (Å²) in [5, 5.41) is 24.3. The summed E-state index contributed by atoms with van der Waals surface area (Å²) in [6, 6.07) is -0.636. The highest BCUT2D eigenvalue weighted by Gasteiger charge is 2.25. The molecule has 2 amide bonds. The Labute approximate surface area is 119 Å². The molecule has 0 spiro atoms. The average molecular weight is 286 g/mol. The van der Waals surface area contributed by atoms with Crippen molar-refractivity contribution in [1.82, 2.24) is 10.6 Å². The van der Waals surface area contributed by atoms with E-state index in [0.29, 0.717) is 6.42 Å². The predicted molar refractivity (Wildman–Crippen MR) is 75.4 cm³/mol. The van der Waals surface area contributed by atoms with E-state index in [2.05, 4.69) is 10.6 Å². The SMILES string of the molecule is CC(C)C(CNC(=O)NC1CCCCCC1O)C(=O)O. The fourth-order valence-corrected chi connectivity index (χ4v) is 2.49. The van der Waals surface area contributed by atoms with Gasteiger partial charge in [0.05, 0.1) is 18.1 Å². The van der Waals surface area contributed by atoms with Crippen LogP contribution >= 0.6 is 0 Å². The van der Waals surface area contributed by atoms with Crippen LogP contribution in [0.15, 0.2) is 0 Å². The van der Waals surface area contributed by atoms with E-state index in [1.165, 1.54) is 0 Å². The van der Waals surface area contributed by atoms with Crippen LogP contribution in [-0.2, 0) is 4.79 Å². The van der Waals surface area contributed by atoms with E-state index in [9.17, 15) is 14.7 Å². The number of aliphatic hydroxyl groups is 1. The number of amides is 2. The van der Waals surface area contributed by atoms with Crippen LogP contribution in [0.5, 0.6) is 0 Å². The van der Waals surface area contributed by atoms with Crippen molar-refractivity contribution in [2.75, 3.05) is 6.54 Å². The molecular formula is C14H26N2O4. The number of urea groups is 1. The number of aliphatic carboxylic acids is 1. The molecule has 116 valence electrons. The summed E-state index contributed by atoms with van der Waals surface area (Å²) in [6.07, 6.45) is 4.01. The number of hydrogen-bond acceptors (Lipinski definition) is 3. The standard InChI is InChI=1S/C14H26N2O4/c1-9(2)10(13(18)19)8-15-14(20)16-11-6-4-3-5-7-12(11)17/h9-12,17H,3-8H2,1-2H3,(H,18,19)(H2,15,16,20). The van der Waals surface area contributed by atoms with Crippen molar-refractivity contribution in [2.45, 2.75) is 58.1 Å². The van der Waals surface area contributed by atoms with Crippen molar-refractivity contribution < 1.29 is 19.8 Å². The van der Waals surface area contributed by atoms with Gasteiger partial charge in [-0.3, -0.25) is 4.79 Å². The quantitative estimate of drug-likeness (QED) is 0.573. The highest BCUT2D eigenvalue weighted by molar-refractivity contribution is 5.76. The Morgan fingerprint density at radius 3 is 2.45 bits per heavy atom. The zero-order valence-electron chi connectivity index (χ0n) is 12.3. The van der Waals surface area contributed by atoms with Crippen molar-refractivity contribution in [2.24, 2.45) is 11.8 Å². The summed E-state index contributed by atoms with van der Waals surface area (Å²) in [5.41, 5.74) is 0. The third kappa shape index (κ3) is 5.36. The van der Waals surface area contributed by atoms with Crippen LogP contribution < -0.4 is 10.6 Å². The molecule has 0 aromatic carbocycles. The molecule has 1 saturated carbocycles. The first-order chi connectivity index (χ1) is 9.41. The van der Waals surface area contributed by atoms with Crippen LogP contribution in [0.2, 0.25) is 0 Å². The maximum Gasteiger partial charge on any atom is 0.315 e. The topological polar surface area (TPSA) is 98.7 Å². The van der Waals surface area contributed by atoms with Crippen LogP contribution in [-0.4, -0.2) is 40.9 Å². The molecule has 4 N–H and O–H groups in total.